The number of aromatic nitrogens is 1. The summed E-state index contributed by atoms with van der Waals surface area (Å²) in [6, 6.07) is 8.40. The number of piperidine rings is 1. The fourth-order valence-corrected chi connectivity index (χ4v) is 4.13. The van der Waals surface area contributed by atoms with Crippen LogP contribution < -0.4 is 5.32 Å². The number of likely N-dealkylation sites (tertiary alicyclic amines) is 1. The third-order valence-electron chi connectivity index (χ3n) is 5.71. The second kappa shape index (κ2) is 8.14. The van der Waals surface area contributed by atoms with Crippen LogP contribution >= 0.6 is 0 Å². The maximum atomic E-state index is 12.2. The van der Waals surface area contributed by atoms with Crippen LogP contribution in [0.3, 0.4) is 0 Å². The van der Waals surface area contributed by atoms with Gasteiger partial charge in [0.25, 0.3) is 0 Å². The smallest absolute Gasteiger partial charge is 0.412 e. The molecule has 3 unspecified atom stereocenters. The number of amides is 3. The van der Waals surface area contributed by atoms with E-state index in [-0.39, 0.29) is 12.6 Å². The number of fused-ring (bicyclic) bond motifs is 1. The highest BCUT2D eigenvalue weighted by Gasteiger charge is 2.51. The van der Waals surface area contributed by atoms with E-state index in [1.165, 1.54) is 18.2 Å². The predicted molar refractivity (Wildman–Crippen MR) is 106 cm³/mol. The van der Waals surface area contributed by atoms with E-state index in [0.717, 1.165) is 25.8 Å². The topological polar surface area (TPSA) is 87.9 Å². The summed E-state index contributed by atoms with van der Waals surface area (Å²) < 4.78 is 10.1. The minimum Gasteiger partial charge on any atom is -0.445 e. The van der Waals surface area contributed by atoms with E-state index in [2.05, 4.69) is 10.3 Å². The number of nitrogens with one attached hydrogen (secondary N) is 1. The van der Waals surface area contributed by atoms with Gasteiger partial charge in [0.05, 0.1) is 6.20 Å². The minimum atomic E-state index is -0.534. The lowest BCUT2D eigenvalue weighted by Gasteiger charge is -2.33. The Bertz CT molecular complexity index is 850. The maximum Gasteiger partial charge on any atom is 0.412 e. The van der Waals surface area contributed by atoms with Gasteiger partial charge in [-0.25, -0.2) is 14.6 Å². The third-order valence-corrected chi connectivity index (χ3v) is 5.71. The van der Waals surface area contributed by atoms with Crippen LogP contribution in [0.5, 0.6) is 0 Å². The molecule has 2 heterocycles. The lowest BCUT2D eigenvalue weighted by atomic mass is 9.89. The molecule has 1 N–H and O–H groups in total. The van der Waals surface area contributed by atoms with Crippen molar-refractivity contribution in [1.82, 2.24) is 14.8 Å². The average Bonchev–Trinajstić information content (AvgIpc) is 3.34. The molecule has 0 bridgehead atoms. The lowest BCUT2D eigenvalue weighted by molar-refractivity contribution is 0.142. The number of urea groups is 1. The SMILES string of the molecule is CN(C)C(=O)N1CCC(Cc2ccc(NC(=O)OCc3cnco3)cc2)C2CC21. The third kappa shape index (κ3) is 4.52. The molecule has 0 spiro atoms. The molecule has 1 aromatic heterocycles. The number of oxazole rings is 1. The van der Waals surface area contributed by atoms with Gasteiger partial charge < -0.3 is 19.0 Å². The molecule has 2 aliphatic rings. The predicted octanol–water partition coefficient (Wildman–Crippen LogP) is 3.36. The van der Waals surface area contributed by atoms with Crippen molar-refractivity contribution in [2.24, 2.45) is 11.8 Å². The van der Waals surface area contributed by atoms with Gasteiger partial charge in [-0.1, -0.05) is 12.1 Å². The Morgan fingerprint density at radius 2 is 2.10 bits per heavy atom. The Labute approximate surface area is 169 Å². The van der Waals surface area contributed by atoms with E-state index >= 15 is 0 Å². The van der Waals surface area contributed by atoms with Crippen molar-refractivity contribution < 1.29 is 18.7 Å². The summed E-state index contributed by atoms with van der Waals surface area (Å²) in [5.74, 6) is 1.71. The van der Waals surface area contributed by atoms with Crippen molar-refractivity contribution in [3.05, 3.63) is 48.2 Å². The van der Waals surface area contributed by atoms with Crippen molar-refractivity contribution in [3.63, 3.8) is 0 Å². The van der Waals surface area contributed by atoms with Gasteiger partial charge in [0.15, 0.2) is 18.8 Å². The highest BCUT2D eigenvalue weighted by atomic mass is 16.6. The van der Waals surface area contributed by atoms with Crippen LogP contribution in [0.4, 0.5) is 15.3 Å². The molecule has 0 radical (unpaired) electrons. The van der Waals surface area contributed by atoms with Crippen molar-refractivity contribution in [3.8, 4) is 0 Å². The van der Waals surface area contributed by atoms with Gasteiger partial charge in [0.1, 0.15) is 0 Å². The number of carbonyl (C=O) groups excluding carboxylic acids is 2. The van der Waals surface area contributed by atoms with Gasteiger partial charge in [-0.05, 0) is 48.8 Å². The highest BCUT2D eigenvalue weighted by Crippen LogP contribution is 2.48. The Morgan fingerprint density at radius 3 is 2.79 bits per heavy atom. The molecular weight excluding hydrogens is 372 g/mol. The summed E-state index contributed by atoms with van der Waals surface area (Å²) in [4.78, 5) is 31.6. The highest BCUT2D eigenvalue weighted by molar-refractivity contribution is 5.84. The van der Waals surface area contributed by atoms with E-state index < -0.39 is 6.09 Å². The first-order valence-corrected chi connectivity index (χ1v) is 9.89. The monoisotopic (exact) mass is 398 g/mol. The summed E-state index contributed by atoms with van der Waals surface area (Å²) >= 11 is 0. The fourth-order valence-electron chi connectivity index (χ4n) is 4.13. The first kappa shape index (κ1) is 19.3. The number of carbonyl (C=O) groups is 2. The molecule has 3 atom stereocenters. The Kier molecular flexibility index (Phi) is 5.42. The van der Waals surface area contributed by atoms with E-state index in [4.69, 9.17) is 9.15 Å². The number of ether oxygens (including phenoxy) is 1. The average molecular weight is 398 g/mol. The van der Waals surface area contributed by atoms with Crippen LogP contribution in [-0.4, -0.2) is 53.6 Å². The molecule has 8 nitrogen and oxygen atoms in total. The first-order chi connectivity index (χ1) is 14.0. The number of rotatable bonds is 5. The van der Waals surface area contributed by atoms with Crippen LogP contribution in [0.2, 0.25) is 0 Å². The number of anilines is 1. The molecule has 1 saturated carbocycles. The summed E-state index contributed by atoms with van der Waals surface area (Å²) in [6.07, 6.45) is 5.42. The molecular formula is C21H26N4O4. The van der Waals surface area contributed by atoms with Crippen LogP contribution in [0.1, 0.15) is 24.2 Å². The summed E-state index contributed by atoms with van der Waals surface area (Å²) in [5, 5.41) is 2.71. The van der Waals surface area contributed by atoms with Crippen molar-refractivity contribution in [1.29, 1.82) is 0 Å². The maximum absolute atomic E-state index is 12.2. The molecule has 1 saturated heterocycles. The van der Waals surface area contributed by atoms with Gasteiger partial charge in [0.2, 0.25) is 0 Å². The van der Waals surface area contributed by atoms with Gasteiger partial charge in [-0.2, -0.15) is 0 Å². The number of hydrogen-bond donors (Lipinski definition) is 1. The summed E-state index contributed by atoms with van der Waals surface area (Å²) in [6.45, 7) is 0.876. The van der Waals surface area contributed by atoms with Crippen molar-refractivity contribution in [2.75, 3.05) is 26.0 Å². The number of nitrogens with zero attached hydrogens (tertiary/aromatic N) is 3. The Hall–Kier alpha value is -3.03. The molecule has 1 aromatic carbocycles. The number of benzene rings is 1. The van der Waals surface area contributed by atoms with E-state index in [1.54, 1.807) is 4.90 Å². The standard InChI is InChI=1S/C21H26N4O4/c1-24(2)21(27)25-8-7-15(18-10-19(18)25)9-14-3-5-16(6-4-14)23-20(26)28-12-17-11-22-13-29-17/h3-6,11,13,15,18-19H,7-10,12H2,1-2H3,(H,23,26). The van der Waals surface area contributed by atoms with Crippen molar-refractivity contribution >= 4 is 17.8 Å². The number of hydrogen-bond acceptors (Lipinski definition) is 5. The Morgan fingerprint density at radius 1 is 1.31 bits per heavy atom. The summed E-state index contributed by atoms with van der Waals surface area (Å²) in [5.41, 5.74) is 1.93. The molecule has 2 aromatic rings. The molecule has 154 valence electrons. The second-order valence-corrected chi connectivity index (χ2v) is 7.96. The van der Waals surface area contributed by atoms with Gasteiger partial charge in [-0.3, -0.25) is 5.32 Å². The van der Waals surface area contributed by atoms with E-state index in [9.17, 15) is 9.59 Å². The van der Waals surface area contributed by atoms with Crippen molar-refractivity contribution in [2.45, 2.75) is 31.9 Å². The van der Waals surface area contributed by atoms with Crippen LogP contribution in [0, 0.1) is 11.8 Å². The second-order valence-electron chi connectivity index (χ2n) is 7.96. The zero-order valence-electron chi connectivity index (χ0n) is 16.7. The largest absolute Gasteiger partial charge is 0.445 e. The van der Waals surface area contributed by atoms with E-state index in [1.807, 2.05) is 43.3 Å². The quantitative estimate of drug-likeness (QED) is 0.834. The molecule has 2 fully saturated rings. The van der Waals surface area contributed by atoms with Crippen LogP contribution in [0.15, 0.2) is 41.3 Å². The van der Waals surface area contributed by atoms with Gasteiger partial charge in [-0.15, -0.1) is 0 Å². The molecule has 3 amide bonds. The molecule has 8 heteroatoms. The molecule has 1 aliphatic carbocycles. The minimum absolute atomic E-state index is 0.0431. The normalized spacial score (nSPS) is 22.6. The van der Waals surface area contributed by atoms with E-state index in [0.29, 0.717) is 29.3 Å². The van der Waals surface area contributed by atoms with Crippen LogP contribution in [0.25, 0.3) is 0 Å². The Balaban J connectivity index is 1.25. The lowest BCUT2D eigenvalue weighted by Crippen LogP contribution is -2.45. The zero-order chi connectivity index (χ0) is 20.4. The molecule has 1 aliphatic heterocycles. The zero-order valence-corrected chi connectivity index (χ0v) is 16.7. The van der Waals surface area contributed by atoms with Gasteiger partial charge in [0, 0.05) is 32.4 Å². The van der Waals surface area contributed by atoms with Gasteiger partial charge >= 0.3 is 12.1 Å². The molecule has 4 rings (SSSR count). The fraction of sp³-hybridized carbons (Fsp3) is 0.476. The molecule has 29 heavy (non-hydrogen) atoms. The summed E-state index contributed by atoms with van der Waals surface area (Å²) in [7, 11) is 3.62. The first-order valence-electron chi connectivity index (χ1n) is 9.89. The van der Waals surface area contributed by atoms with Crippen LogP contribution in [-0.2, 0) is 17.8 Å².